The number of benzene rings is 3. The van der Waals surface area contributed by atoms with Gasteiger partial charge in [-0.25, -0.2) is 5.01 Å². The molecule has 8 N–H and O–H groups in total. The Kier molecular flexibility index (Phi) is 14.5. The third-order valence-electron chi connectivity index (χ3n) is 7.63. The molecule has 15 heteroatoms. The second-order valence-electron chi connectivity index (χ2n) is 11.4. The smallest absolute Gasteiger partial charge is 0.248 e. The average molecular weight is 721 g/mol. The van der Waals surface area contributed by atoms with Crippen LogP contribution in [0.1, 0.15) is 18.1 Å². The van der Waals surface area contributed by atoms with Crippen molar-refractivity contribution in [3.05, 3.63) is 95.2 Å². The Hall–Kier alpha value is -4.82. The zero-order valence-corrected chi connectivity index (χ0v) is 28.8. The Morgan fingerprint density at radius 1 is 1.04 bits per heavy atom. The third-order valence-corrected chi connectivity index (χ3v) is 7.93. The van der Waals surface area contributed by atoms with Crippen LogP contribution < -0.4 is 25.5 Å². The largest absolute Gasteiger partial charge is 0.492 e. The van der Waals surface area contributed by atoms with Crippen LogP contribution in [0.5, 0.6) is 11.5 Å². The van der Waals surface area contributed by atoms with Crippen LogP contribution in [-0.4, -0.2) is 99.2 Å². The van der Waals surface area contributed by atoms with Crippen molar-refractivity contribution in [2.75, 3.05) is 44.0 Å². The SMILES string of the molecule is CCOc1cc2ncc(C#N)c(Nc3ccc(OCc4ccccc4)c(Cl)c3)c2cc1NC(=O)/C=C/CN(C)NC[C@@H](O)[C@@H](O)[C@H](O)[C@@H](O)CO. The van der Waals surface area contributed by atoms with Gasteiger partial charge in [-0.2, -0.15) is 5.26 Å². The predicted molar refractivity (Wildman–Crippen MR) is 193 cm³/mol. The van der Waals surface area contributed by atoms with E-state index in [2.05, 4.69) is 27.1 Å². The van der Waals surface area contributed by atoms with Crippen molar-refractivity contribution >= 4 is 45.5 Å². The summed E-state index contributed by atoms with van der Waals surface area (Å²) in [5.74, 6) is 0.397. The summed E-state index contributed by atoms with van der Waals surface area (Å²) in [4.78, 5) is 17.4. The van der Waals surface area contributed by atoms with Gasteiger partial charge in [-0.15, -0.1) is 0 Å². The number of rotatable bonds is 18. The highest BCUT2D eigenvalue weighted by molar-refractivity contribution is 6.32. The van der Waals surface area contributed by atoms with Crippen LogP contribution in [-0.2, 0) is 11.4 Å². The van der Waals surface area contributed by atoms with Gasteiger partial charge in [0.15, 0.2) is 0 Å². The molecule has 0 aliphatic heterocycles. The predicted octanol–water partition coefficient (Wildman–Crippen LogP) is 2.85. The van der Waals surface area contributed by atoms with Crippen molar-refractivity contribution in [2.24, 2.45) is 0 Å². The molecule has 1 aromatic heterocycles. The number of nitrogens with zero attached hydrogens (tertiary/aromatic N) is 3. The molecule has 0 unspecified atom stereocenters. The van der Waals surface area contributed by atoms with Gasteiger partial charge in [-0.3, -0.25) is 15.2 Å². The van der Waals surface area contributed by atoms with Gasteiger partial charge in [0.2, 0.25) is 5.91 Å². The van der Waals surface area contributed by atoms with Crippen LogP contribution >= 0.6 is 11.6 Å². The van der Waals surface area contributed by atoms with Crippen LogP contribution in [0, 0.1) is 11.3 Å². The fraction of sp³-hybridized carbons (Fsp3) is 0.306. The second kappa shape index (κ2) is 19.0. The molecule has 0 spiro atoms. The van der Waals surface area contributed by atoms with E-state index in [1.165, 1.54) is 17.3 Å². The molecule has 0 saturated carbocycles. The molecule has 0 bridgehead atoms. The summed E-state index contributed by atoms with van der Waals surface area (Å²) in [5, 5.41) is 66.7. The van der Waals surface area contributed by atoms with E-state index >= 15 is 0 Å². The standard InChI is InChI=1S/C36H41ClN6O8/c1-3-50-32-16-27-25(15-28(32)42-33(47)10-7-13-43(2)40-19-29(45)35(48)36(49)30(46)20-44)34(23(17-38)18-39-27)41-24-11-12-31(26(37)14-24)51-21-22-8-5-4-6-9-22/h4-12,14-16,18,29-30,35-36,40,44-46,48-49H,3,13,19-21H2,1-2H3,(H,39,41)(H,42,47)/b10-7+/t29-,30+,35-,36-/m1/s1. The number of ether oxygens (including phenoxy) is 2. The number of hydrogen-bond acceptors (Lipinski definition) is 13. The maximum atomic E-state index is 13.0. The fourth-order valence-electron chi connectivity index (χ4n) is 4.88. The molecule has 14 nitrogen and oxygen atoms in total. The summed E-state index contributed by atoms with van der Waals surface area (Å²) in [6.07, 6.45) is -2.18. The zero-order valence-electron chi connectivity index (χ0n) is 28.0. The number of fused-ring (bicyclic) bond motifs is 1. The Morgan fingerprint density at radius 3 is 2.47 bits per heavy atom. The first kappa shape index (κ1) is 39.0. The Morgan fingerprint density at radius 2 is 1.78 bits per heavy atom. The number of carbonyl (C=O) groups excluding carboxylic acids is 1. The van der Waals surface area contributed by atoms with Crippen LogP contribution in [0.15, 0.2) is 79.0 Å². The lowest BCUT2D eigenvalue weighted by molar-refractivity contribution is -0.116. The molecule has 270 valence electrons. The topological polar surface area (TPSA) is 213 Å². The normalized spacial score (nSPS) is 13.8. The van der Waals surface area contributed by atoms with Gasteiger partial charge < -0.3 is 45.6 Å². The molecule has 0 aliphatic rings. The molecule has 3 aromatic carbocycles. The highest BCUT2D eigenvalue weighted by atomic mass is 35.5. The van der Waals surface area contributed by atoms with Crippen molar-refractivity contribution in [2.45, 2.75) is 37.9 Å². The second-order valence-corrected chi connectivity index (χ2v) is 11.8. The molecule has 4 atom stereocenters. The maximum Gasteiger partial charge on any atom is 0.248 e. The number of nitrogens with one attached hydrogen (secondary N) is 3. The number of likely N-dealkylation sites (N-methyl/N-ethyl adjacent to an activating group) is 1. The highest BCUT2D eigenvalue weighted by Gasteiger charge is 2.30. The summed E-state index contributed by atoms with van der Waals surface area (Å²) in [7, 11) is 1.63. The van der Waals surface area contributed by atoms with Crippen molar-refractivity contribution in [3.8, 4) is 17.6 Å². The van der Waals surface area contributed by atoms with E-state index in [1.807, 2.05) is 30.3 Å². The Bertz CT molecular complexity index is 1840. The third kappa shape index (κ3) is 10.8. The van der Waals surface area contributed by atoms with Crippen LogP contribution in [0.4, 0.5) is 17.1 Å². The number of halogens is 1. The molecule has 1 heterocycles. The molecule has 51 heavy (non-hydrogen) atoms. The van der Waals surface area contributed by atoms with Gasteiger partial charge in [0, 0.05) is 49.6 Å². The lowest BCUT2D eigenvalue weighted by Crippen LogP contribution is -2.51. The summed E-state index contributed by atoms with van der Waals surface area (Å²) >= 11 is 6.56. The minimum Gasteiger partial charge on any atom is -0.492 e. The number of amides is 1. The van der Waals surface area contributed by atoms with Gasteiger partial charge in [0.25, 0.3) is 0 Å². The minimum atomic E-state index is -1.73. The number of hydrazine groups is 1. The molecular weight excluding hydrogens is 680 g/mol. The number of pyridine rings is 1. The number of carbonyl (C=O) groups is 1. The van der Waals surface area contributed by atoms with Gasteiger partial charge in [-0.1, -0.05) is 48.0 Å². The van der Waals surface area contributed by atoms with Crippen molar-refractivity contribution in [1.29, 1.82) is 5.26 Å². The summed E-state index contributed by atoms with van der Waals surface area (Å²) < 4.78 is 11.7. The summed E-state index contributed by atoms with van der Waals surface area (Å²) in [6.45, 7) is 1.71. The Balaban J connectivity index is 1.46. The van der Waals surface area contributed by atoms with Gasteiger partial charge in [-0.05, 0) is 36.8 Å². The minimum absolute atomic E-state index is 0.185. The van der Waals surface area contributed by atoms with Gasteiger partial charge in [0.05, 0.1) is 46.8 Å². The number of aliphatic hydroxyl groups excluding tert-OH is 5. The lowest BCUT2D eigenvalue weighted by Gasteiger charge is -2.27. The van der Waals surface area contributed by atoms with E-state index in [9.17, 15) is 30.5 Å². The number of nitriles is 1. The van der Waals surface area contributed by atoms with E-state index in [1.54, 1.807) is 50.4 Å². The fourth-order valence-corrected chi connectivity index (χ4v) is 5.11. The molecule has 0 aliphatic carbocycles. The van der Waals surface area contributed by atoms with E-state index in [-0.39, 0.29) is 18.7 Å². The molecule has 0 fully saturated rings. The van der Waals surface area contributed by atoms with E-state index in [0.29, 0.717) is 57.7 Å². The monoisotopic (exact) mass is 720 g/mol. The van der Waals surface area contributed by atoms with Crippen molar-refractivity contribution < 1.29 is 39.8 Å². The number of hydrogen-bond donors (Lipinski definition) is 8. The molecular formula is C36H41ClN6O8. The van der Waals surface area contributed by atoms with Crippen molar-refractivity contribution in [3.63, 3.8) is 0 Å². The number of aliphatic hydroxyl groups is 5. The quantitative estimate of drug-likeness (QED) is 0.0550. The average Bonchev–Trinajstić information content (AvgIpc) is 3.13. The van der Waals surface area contributed by atoms with Gasteiger partial charge >= 0.3 is 0 Å². The van der Waals surface area contributed by atoms with Crippen LogP contribution in [0.25, 0.3) is 10.9 Å². The van der Waals surface area contributed by atoms with Gasteiger partial charge in [0.1, 0.15) is 42.5 Å². The first-order valence-corrected chi connectivity index (χ1v) is 16.4. The first-order chi connectivity index (χ1) is 24.5. The number of anilines is 3. The van der Waals surface area contributed by atoms with Crippen LogP contribution in [0.2, 0.25) is 5.02 Å². The zero-order chi connectivity index (χ0) is 36.9. The van der Waals surface area contributed by atoms with E-state index < -0.39 is 36.9 Å². The molecule has 4 aromatic rings. The van der Waals surface area contributed by atoms with E-state index in [4.69, 9.17) is 26.2 Å². The van der Waals surface area contributed by atoms with E-state index in [0.717, 1.165) is 5.56 Å². The highest BCUT2D eigenvalue weighted by Crippen LogP contribution is 2.37. The number of aromatic nitrogens is 1. The lowest BCUT2D eigenvalue weighted by atomic mass is 10.0. The summed E-state index contributed by atoms with van der Waals surface area (Å²) in [6, 6.07) is 20.4. The molecule has 0 saturated heterocycles. The summed E-state index contributed by atoms with van der Waals surface area (Å²) in [5.41, 5.74) is 5.97. The van der Waals surface area contributed by atoms with Crippen LogP contribution in [0.3, 0.4) is 0 Å². The molecule has 1 amide bonds. The molecule has 4 rings (SSSR count). The Labute approximate surface area is 300 Å². The van der Waals surface area contributed by atoms with Crippen molar-refractivity contribution in [1.82, 2.24) is 15.4 Å². The molecule has 0 radical (unpaired) electrons. The first-order valence-electron chi connectivity index (χ1n) is 16.0. The maximum absolute atomic E-state index is 13.0.